The molecule has 5 rings (SSSR count). The SMILES string of the molecule is Cc1c(-c2ccccn2)nc2cccc(F)c2c1Nc1cc(N2CCOCC2)ccc1C[SH](=O)=O. The summed E-state index contributed by atoms with van der Waals surface area (Å²) in [6.45, 7) is 4.60. The van der Waals surface area contributed by atoms with Crippen molar-refractivity contribution in [3.63, 3.8) is 0 Å². The van der Waals surface area contributed by atoms with E-state index in [-0.39, 0.29) is 5.75 Å². The van der Waals surface area contributed by atoms with Crippen molar-refractivity contribution in [3.05, 3.63) is 77.7 Å². The molecule has 1 fully saturated rings. The fraction of sp³-hybridized carbons (Fsp3) is 0.231. The zero-order valence-electron chi connectivity index (χ0n) is 19.2. The zero-order valence-corrected chi connectivity index (χ0v) is 20.1. The number of hydrogen-bond acceptors (Lipinski definition) is 7. The molecule has 0 saturated carbocycles. The van der Waals surface area contributed by atoms with Crippen LogP contribution in [0.5, 0.6) is 0 Å². The Morgan fingerprint density at radius 3 is 2.66 bits per heavy atom. The second-order valence-electron chi connectivity index (χ2n) is 8.37. The van der Waals surface area contributed by atoms with E-state index in [0.717, 1.165) is 24.3 Å². The molecule has 9 heteroatoms. The van der Waals surface area contributed by atoms with Crippen molar-refractivity contribution >= 4 is 38.7 Å². The summed E-state index contributed by atoms with van der Waals surface area (Å²) in [5.74, 6) is -0.535. The minimum atomic E-state index is -2.65. The Bertz CT molecular complexity index is 1450. The first-order chi connectivity index (χ1) is 17.0. The Labute approximate surface area is 204 Å². The van der Waals surface area contributed by atoms with Gasteiger partial charge in [-0.3, -0.25) is 4.98 Å². The highest BCUT2D eigenvalue weighted by Crippen LogP contribution is 2.37. The fourth-order valence-corrected chi connectivity index (χ4v) is 4.94. The molecule has 1 aliphatic rings. The van der Waals surface area contributed by atoms with Gasteiger partial charge >= 0.3 is 0 Å². The number of morpholine rings is 1. The summed E-state index contributed by atoms with van der Waals surface area (Å²) in [5, 5.41) is 3.73. The van der Waals surface area contributed by atoms with Crippen LogP contribution in [0.1, 0.15) is 11.1 Å². The third kappa shape index (κ3) is 4.82. The summed E-state index contributed by atoms with van der Waals surface area (Å²) in [4.78, 5) is 11.3. The molecule has 0 aliphatic carbocycles. The molecule has 0 unspecified atom stereocenters. The summed E-state index contributed by atoms with van der Waals surface area (Å²) >= 11 is 0. The maximum Gasteiger partial charge on any atom is 0.144 e. The van der Waals surface area contributed by atoms with Crippen molar-refractivity contribution < 1.29 is 17.5 Å². The number of benzene rings is 2. The number of anilines is 3. The first-order valence-electron chi connectivity index (χ1n) is 11.4. The molecule has 0 bridgehead atoms. The minimum absolute atomic E-state index is 0.126. The number of thiol groups is 1. The monoisotopic (exact) mass is 492 g/mol. The Kier molecular flexibility index (Phi) is 6.61. The quantitative estimate of drug-likeness (QED) is 0.385. The molecule has 0 amide bonds. The van der Waals surface area contributed by atoms with Gasteiger partial charge in [-0.2, -0.15) is 0 Å². The van der Waals surface area contributed by atoms with Gasteiger partial charge in [0, 0.05) is 36.2 Å². The van der Waals surface area contributed by atoms with Crippen molar-refractivity contribution in [1.29, 1.82) is 0 Å². The van der Waals surface area contributed by atoms with E-state index in [1.807, 2.05) is 43.3 Å². The summed E-state index contributed by atoms with van der Waals surface area (Å²) in [7, 11) is -2.65. The van der Waals surface area contributed by atoms with E-state index in [4.69, 9.17) is 9.72 Å². The lowest BCUT2D eigenvalue weighted by atomic mass is 10.0. The molecule has 4 aromatic rings. The predicted octanol–water partition coefficient (Wildman–Crippen LogP) is 4.44. The highest BCUT2D eigenvalue weighted by Gasteiger charge is 2.19. The van der Waals surface area contributed by atoms with E-state index in [1.165, 1.54) is 6.07 Å². The van der Waals surface area contributed by atoms with Gasteiger partial charge in [0.05, 0.1) is 46.9 Å². The van der Waals surface area contributed by atoms with E-state index >= 15 is 4.39 Å². The number of ether oxygens (including phenoxy) is 1. The minimum Gasteiger partial charge on any atom is -0.378 e. The van der Waals surface area contributed by atoms with Crippen LogP contribution < -0.4 is 10.2 Å². The molecule has 1 N–H and O–H groups in total. The van der Waals surface area contributed by atoms with Crippen molar-refractivity contribution in [2.45, 2.75) is 12.7 Å². The van der Waals surface area contributed by atoms with Gasteiger partial charge in [-0.05, 0) is 48.9 Å². The zero-order chi connectivity index (χ0) is 24.4. The Balaban J connectivity index is 1.68. The molecule has 0 radical (unpaired) electrons. The van der Waals surface area contributed by atoms with Crippen LogP contribution in [0.2, 0.25) is 0 Å². The number of pyridine rings is 2. The van der Waals surface area contributed by atoms with Gasteiger partial charge in [-0.25, -0.2) is 17.8 Å². The normalized spacial score (nSPS) is 14.0. The first kappa shape index (κ1) is 23.2. The van der Waals surface area contributed by atoms with Gasteiger partial charge in [0.25, 0.3) is 0 Å². The summed E-state index contributed by atoms with van der Waals surface area (Å²) < 4.78 is 43.9. The van der Waals surface area contributed by atoms with Gasteiger partial charge in [0.15, 0.2) is 0 Å². The average molecular weight is 493 g/mol. The molecular formula is C26H25FN4O3S. The summed E-state index contributed by atoms with van der Waals surface area (Å²) in [6, 6.07) is 16.0. The lowest BCUT2D eigenvalue weighted by Crippen LogP contribution is -2.36. The predicted molar refractivity (Wildman–Crippen MR) is 136 cm³/mol. The van der Waals surface area contributed by atoms with Crippen molar-refractivity contribution in [3.8, 4) is 11.4 Å². The second kappa shape index (κ2) is 9.97. The van der Waals surface area contributed by atoms with Crippen LogP contribution in [-0.2, 0) is 21.2 Å². The number of nitrogens with zero attached hydrogens (tertiary/aromatic N) is 3. The number of aromatic nitrogens is 2. The van der Waals surface area contributed by atoms with E-state index < -0.39 is 16.5 Å². The molecule has 1 saturated heterocycles. The van der Waals surface area contributed by atoms with E-state index in [0.29, 0.717) is 52.4 Å². The average Bonchev–Trinajstić information content (AvgIpc) is 2.87. The molecule has 1 aliphatic heterocycles. The Morgan fingerprint density at radius 1 is 1.09 bits per heavy atom. The van der Waals surface area contributed by atoms with Crippen LogP contribution in [0.15, 0.2) is 60.8 Å². The second-order valence-corrected chi connectivity index (χ2v) is 9.35. The van der Waals surface area contributed by atoms with Crippen molar-refractivity contribution in [2.24, 2.45) is 0 Å². The number of fused-ring (bicyclic) bond motifs is 1. The fourth-order valence-electron chi connectivity index (χ4n) is 4.38. The first-order valence-corrected chi connectivity index (χ1v) is 12.7. The van der Waals surface area contributed by atoms with Crippen molar-refractivity contribution in [2.75, 3.05) is 36.5 Å². The molecule has 180 valence electrons. The molecule has 0 spiro atoms. The maximum absolute atomic E-state index is 15.1. The number of hydrogen-bond donors (Lipinski definition) is 2. The van der Waals surface area contributed by atoms with Crippen LogP contribution in [0.3, 0.4) is 0 Å². The number of nitrogens with one attached hydrogen (secondary N) is 1. The summed E-state index contributed by atoms with van der Waals surface area (Å²) in [5.41, 5.74) is 5.21. The molecule has 35 heavy (non-hydrogen) atoms. The molecule has 2 aromatic carbocycles. The Hall–Kier alpha value is -3.56. The third-order valence-corrected chi connectivity index (χ3v) is 6.74. The van der Waals surface area contributed by atoms with E-state index in [2.05, 4.69) is 15.2 Å². The molecule has 3 heterocycles. The molecule has 2 aromatic heterocycles. The van der Waals surface area contributed by atoms with E-state index in [9.17, 15) is 8.42 Å². The van der Waals surface area contributed by atoms with Gasteiger partial charge in [-0.15, -0.1) is 0 Å². The molecule has 7 nitrogen and oxygen atoms in total. The van der Waals surface area contributed by atoms with Gasteiger partial charge < -0.3 is 15.0 Å². The maximum atomic E-state index is 15.1. The molecule has 0 atom stereocenters. The third-order valence-electron chi connectivity index (χ3n) is 6.14. The van der Waals surface area contributed by atoms with Gasteiger partial charge in [0.1, 0.15) is 16.5 Å². The van der Waals surface area contributed by atoms with Crippen LogP contribution >= 0.6 is 0 Å². The largest absolute Gasteiger partial charge is 0.378 e. The van der Waals surface area contributed by atoms with Crippen LogP contribution in [0, 0.1) is 12.7 Å². The Morgan fingerprint density at radius 2 is 1.91 bits per heavy atom. The van der Waals surface area contributed by atoms with Crippen LogP contribution in [-0.4, -0.2) is 44.7 Å². The lowest BCUT2D eigenvalue weighted by molar-refractivity contribution is 0.122. The highest BCUT2D eigenvalue weighted by atomic mass is 32.2. The van der Waals surface area contributed by atoms with Gasteiger partial charge in [0.2, 0.25) is 0 Å². The topological polar surface area (TPSA) is 84.4 Å². The standard InChI is InChI=1S/C26H25FN4O3S/c1-17-25(22-6-2-3-10-28-22)29-21-7-4-5-20(27)24(21)26(17)30-23-15-19(31-11-13-34-14-12-31)9-8-18(23)16-35(32)33/h2-10,15,35H,11-14,16H2,1H3,(H,29,30). The van der Waals surface area contributed by atoms with Crippen LogP contribution in [0.25, 0.3) is 22.3 Å². The van der Waals surface area contributed by atoms with E-state index in [1.54, 1.807) is 18.3 Å². The van der Waals surface area contributed by atoms with Crippen LogP contribution in [0.4, 0.5) is 21.5 Å². The number of halogens is 1. The van der Waals surface area contributed by atoms with Gasteiger partial charge in [-0.1, -0.05) is 18.2 Å². The number of rotatable bonds is 6. The smallest absolute Gasteiger partial charge is 0.144 e. The molecular weight excluding hydrogens is 467 g/mol. The summed E-state index contributed by atoms with van der Waals surface area (Å²) in [6.07, 6.45) is 1.69. The lowest BCUT2D eigenvalue weighted by Gasteiger charge is -2.29. The van der Waals surface area contributed by atoms with Crippen molar-refractivity contribution in [1.82, 2.24) is 9.97 Å². The highest BCUT2D eigenvalue weighted by molar-refractivity contribution is 7.71.